The molecule has 1 atom stereocenters. The van der Waals surface area contributed by atoms with Gasteiger partial charge in [0.15, 0.2) is 0 Å². The van der Waals surface area contributed by atoms with Crippen molar-refractivity contribution in [1.29, 1.82) is 0 Å². The van der Waals surface area contributed by atoms with Crippen molar-refractivity contribution in [1.82, 2.24) is 0 Å². The summed E-state index contributed by atoms with van der Waals surface area (Å²) in [5, 5.41) is 27.1. The molecule has 0 aromatic heterocycles. The van der Waals surface area contributed by atoms with Crippen LogP contribution in [0.25, 0.3) is 0 Å². The maximum Gasteiger partial charge on any atom is 0.335 e. The van der Waals surface area contributed by atoms with Gasteiger partial charge in [-0.05, 0) is 18.2 Å². The van der Waals surface area contributed by atoms with Crippen LogP contribution in [0.4, 0.5) is 5.69 Å². The van der Waals surface area contributed by atoms with Gasteiger partial charge in [0.2, 0.25) is 0 Å². The number of carboxylic acid groups (broad SMARTS) is 3. The fraction of sp³-hybridized carbons (Fsp3) is 0.267. The molecule has 22 heavy (non-hydrogen) atoms. The van der Waals surface area contributed by atoms with E-state index >= 15 is 0 Å². The van der Waals surface area contributed by atoms with Crippen LogP contribution < -0.4 is 4.90 Å². The van der Waals surface area contributed by atoms with E-state index in [-0.39, 0.29) is 24.2 Å². The summed E-state index contributed by atoms with van der Waals surface area (Å²) in [6, 6.07) is 3.68. The van der Waals surface area contributed by atoms with Crippen molar-refractivity contribution in [3.8, 4) is 0 Å². The van der Waals surface area contributed by atoms with Crippen molar-refractivity contribution in [2.45, 2.75) is 6.92 Å². The summed E-state index contributed by atoms with van der Waals surface area (Å²) in [4.78, 5) is 34.8. The smallest absolute Gasteiger partial charge is 0.335 e. The zero-order valence-electron chi connectivity index (χ0n) is 12.0. The lowest BCUT2D eigenvalue weighted by Crippen LogP contribution is -2.32. The first-order valence-corrected chi connectivity index (χ1v) is 6.46. The predicted octanol–water partition coefficient (Wildman–Crippen LogP) is 1.80. The zero-order chi connectivity index (χ0) is 16.9. The predicted molar refractivity (Wildman–Crippen MR) is 79.6 cm³/mol. The number of hydrogen-bond donors (Lipinski definition) is 3. The molecule has 0 aliphatic carbocycles. The van der Waals surface area contributed by atoms with Crippen LogP contribution in [0.3, 0.4) is 0 Å². The number of hydrogen-bond acceptors (Lipinski definition) is 4. The molecular formula is C15H17NO6. The first-order valence-electron chi connectivity index (χ1n) is 6.46. The molecule has 1 unspecified atom stereocenters. The molecular weight excluding hydrogens is 290 g/mol. The number of rotatable bonds is 8. The minimum Gasteiger partial charge on any atom is -0.481 e. The third-order valence-corrected chi connectivity index (χ3v) is 3.04. The van der Waals surface area contributed by atoms with Crippen molar-refractivity contribution >= 4 is 23.6 Å². The van der Waals surface area contributed by atoms with E-state index in [1.165, 1.54) is 25.1 Å². The SMILES string of the molecule is C=CCN(CC(C)C(=O)O)c1cc(C(=O)O)cc(C(=O)O)c1. The van der Waals surface area contributed by atoms with E-state index in [2.05, 4.69) is 6.58 Å². The minimum absolute atomic E-state index is 0.101. The van der Waals surface area contributed by atoms with Crippen molar-refractivity contribution in [3.05, 3.63) is 42.0 Å². The lowest BCUT2D eigenvalue weighted by molar-refractivity contribution is -0.140. The summed E-state index contributed by atoms with van der Waals surface area (Å²) in [6.07, 6.45) is 1.53. The highest BCUT2D eigenvalue weighted by atomic mass is 16.4. The molecule has 7 nitrogen and oxygen atoms in total. The molecule has 0 saturated carbocycles. The van der Waals surface area contributed by atoms with E-state index in [4.69, 9.17) is 15.3 Å². The maximum absolute atomic E-state index is 11.1. The molecule has 118 valence electrons. The van der Waals surface area contributed by atoms with Gasteiger partial charge in [0, 0.05) is 18.8 Å². The van der Waals surface area contributed by atoms with Crippen LogP contribution in [0.2, 0.25) is 0 Å². The van der Waals surface area contributed by atoms with E-state index in [1.807, 2.05) is 0 Å². The third kappa shape index (κ3) is 4.34. The van der Waals surface area contributed by atoms with Crippen LogP contribution in [0, 0.1) is 5.92 Å². The number of aliphatic carboxylic acids is 1. The van der Waals surface area contributed by atoms with Gasteiger partial charge >= 0.3 is 17.9 Å². The summed E-state index contributed by atoms with van der Waals surface area (Å²) < 4.78 is 0. The normalized spacial score (nSPS) is 11.5. The zero-order valence-corrected chi connectivity index (χ0v) is 12.0. The van der Waals surface area contributed by atoms with Crippen molar-refractivity contribution in [3.63, 3.8) is 0 Å². The average Bonchev–Trinajstić information content (AvgIpc) is 2.45. The first-order chi connectivity index (χ1) is 10.3. The van der Waals surface area contributed by atoms with Gasteiger partial charge in [-0.1, -0.05) is 13.0 Å². The molecule has 0 aliphatic rings. The Kier molecular flexibility index (Phi) is 5.68. The lowest BCUT2D eigenvalue weighted by atomic mass is 10.1. The molecule has 0 fully saturated rings. The number of carbonyl (C=O) groups is 3. The molecule has 0 aliphatic heterocycles. The van der Waals surface area contributed by atoms with Gasteiger partial charge in [0.25, 0.3) is 0 Å². The molecule has 0 amide bonds. The third-order valence-electron chi connectivity index (χ3n) is 3.04. The monoisotopic (exact) mass is 307 g/mol. The second-order valence-corrected chi connectivity index (χ2v) is 4.81. The van der Waals surface area contributed by atoms with Gasteiger partial charge in [-0.25, -0.2) is 9.59 Å². The molecule has 1 rings (SSSR count). The largest absolute Gasteiger partial charge is 0.481 e. The fourth-order valence-electron chi connectivity index (χ4n) is 1.89. The minimum atomic E-state index is -1.26. The molecule has 1 aromatic rings. The highest BCUT2D eigenvalue weighted by Gasteiger charge is 2.19. The Morgan fingerprint density at radius 1 is 1.14 bits per heavy atom. The van der Waals surface area contributed by atoms with Crippen LogP contribution in [-0.2, 0) is 4.79 Å². The van der Waals surface area contributed by atoms with Crippen LogP contribution in [0.5, 0.6) is 0 Å². The van der Waals surface area contributed by atoms with Gasteiger partial charge in [-0.2, -0.15) is 0 Å². The molecule has 0 saturated heterocycles. The molecule has 1 aromatic carbocycles. The number of carboxylic acids is 3. The van der Waals surface area contributed by atoms with Gasteiger partial charge in [-0.15, -0.1) is 6.58 Å². The van der Waals surface area contributed by atoms with Crippen molar-refractivity contribution in [2.24, 2.45) is 5.92 Å². The van der Waals surface area contributed by atoms with E-state index < -0.39 is 23.8 Å². The summed E-state index contributed by atoms with van der Waals surface area (Å²) in [7, 11) is 0. The van der Waals surface area contributed by atoms with Crippen LogP contribution >= 0.6 is 0 Å². The molecule has 0 heterocycles. The Labute approximate surface area is 127 Å². The standard InChI is InChI=1S/C15H17NO6/c1-3-4-16(8-9(2)13(17)18)12-6-10(14(19)20)5-11(7-12)15(21)22/h3,5-7,9H,1,4,8H2,2H3,(H,17,18)(H,19,20)(H,21,22). The van der Waals surface area contributed by atoms with Gasteiger partial charge in [-0.3, -0.25) is 4.79 Å². The molecule has 0 spiro atoms. The van der Waals surface area contributed by atoms with Crippen LogP contribution in [-0.4, -0.2) is 46.3 Å². The topological polar surface area (TPSA) is 115 Å². The fourth-order valence-corrected chi connectivity index (χ4v) is 1.89. The highest BCUT2D eigenvalue weighted by Crippen LogP contribution is 2.21. The summed E-state index contributed by atoms with van der Waals surface area (Å²) in [6.45, 7) is 5.45. The Balaban J connectivity index is 3.27. The number of aromatic carboxylic acids is 2. The lowest BCUT2D eigenvalue weighted by Gasteiger charge is -2.26. The Morgan fingerprint density at radius 2 is 1.64 bits per heavy atom. The van der Waals surface area contributed by atoms with Gasteiger partial charge in [0.1, 0.15) is 0 Å². The van der Waals surface area contributed by atoms with E-state index in [1.54, 1.807) is 4.90 Å². The number of anilines is 1. The highest BCUT2D eigenvalue weighted by molar-refractivity contribution is 5.95. The summed E-state index contributed by atoms with van der Waals surface area (Å²) >= 11 is 0. The maximum atomic E-state index is 11.1. The molecule has 0 bridgehead atoms. The number of nitrogens with zero attached hydrogens (tertiary/aromatic N) is 1. The van der Waals surface area contributed by atoms with Gasteiger partial charge in [0.05, 0.1) is 17.0 Å². The van der Waals surface area contributed by atoms with Crippen LogP contribution in [0.1, 0.15) is 27.6 Å². The van der Waals surface area contributed by atoms with Crippen molar-refractivity contribution < 1.29 is 29.7 Å². The second kappa shape index (κ2) is 7.26. The average molecular weight is 307 g/mol. The molecule has 7 heteroatoms. The molecule has 0 radical (unpaired) electrons. The van der Waals surface area contributed by atoms with Crippen LogP contribution in [0.15, 0.2) is 30.9 Å². The Bertz CT molecular complexity index is 578. The number of benzene rings is 1. The Morgan fingerprint density at radius 3 is 2.00 bits per heavy atom. The van der Waals surface area contributed by atoms with E-state index in [0.717, 1.165) is 6.07 Å². The summed E-state index contributed by atoms with van der Waals surface area (Å²) in [5.41, 5.74) is -0.0239. The summed E-state index contributed by atoms with van der Waals surface area (Å²) in [5.74, 6) is -4.22. The quantitative estimate of drug-likeness (QED) is 0.627. The van der Waals surface area contributed by atoms with Crippen molar-refractivity contribution in [2.75, 3.05) is 18.0 Å². The van der Waals surface area contributed by atoms with E-state index in [0.29, 0.717) is 5.69 Å². The Hall–Kier alpha value is -2.83. The van der Waals surface area contributed by atoms with E-state index in [9.17, 15) is 14.4 Å². The van der Waals surface area contributed by atoms with Gasteiger partial charge < -0.3 is 20.2 Å². The second-order valence-electron chi connectivity index (χ2n) is 4.81. The first kappa shape index (κ1) is 17.2. The molecule has 3 N–H and O–H groups in total.